The van der Waals surface area contributed by atoms with Gasteiger partial charge in [0.1, 0.15) is 0 Å². The third-order valence-corrected chi connectivity index (χ3v) is 5.70. The Balaban J connectivity index is 0. The molecule has 0 unspecified atom stereocenters. The molecule has 0 aliphatic heterocycles. The van der Waals surface area contributed by atoms with E-state index in [0.717, 1.165) is 31.3 Å². The molecule has 200 valence electrons. The van der Waals surface area contributed by atoms with Gasteiger partial charge in [-0.3, -0.25) is 0 Å². The summed E-state index contributed by atoms with van der Waals surface area (Å²) in [7, 11) is 0. The van der Waals surface area contributed by atoms with Crippen LogP contribution in [0.15, 0.2) is 60.2 Å². The minimum Gasteiger partial charge on any atom is -0.348 e. The van der Waals surface area contributed by atoms with Crippen LogP contribution in [0.5, 0.6) is 0 Å². The standard InChI is InChI=1S/C29H38N2.2C2H5.Ni/c1-4-7-10-14-26(23-31-30)22-29(27-19-17-24(18-20-27)12-8-5-2)28-16-11-15-25(21-28)13-9-6-3;2*1-2;/h11,15-22H,4-10,12-14H2,1-3H3;2*1H2,2H3;/q;2*-1;+2. The second-order valence-corrected chi connectivity index (χ2v) is 8.36. The van der Waals surface area contributed by atoms with Crippen LogP contribution >= 0.6 is 0 Å². The number of aryl methyl sites for hydroxylation is 2. The van der Waals surface area contributed by atoms with E-state index in [1.54, 1.807) is 13.8 Å². The Labute approximate surface area is 232 Å². The van der Waals surface area contributed by atoms with Gasteiger partial charge in [-0.25, -0.2) is 0 Å². The van der Waals surface area contributed by atoms with Crippen LogP contribution < -0.4 is 0 Å². The molecule has 2 nitrogen and oxygen atoms in total. The third-order valence-electron chi connectivity index (χ3n) is 5.70. The maximum atomic E-state index is 9.17. The van der Waals surface area contributed by atoms with Gasteiger partial charge in [0.25, 0.3) is 0 Å². The molecule has 0 fully saturated rings. The van der Waals surface area contributed by atoms with Gasteiger partial charge in [-0.1, -0.05) is 95.0 Å². The van der Waals surface area contributed by atoms with Gasteiger partial charge in [0.2, 0.25) is 0 Å². The fourth-order valence-corrected chi connectivity index (χ4v) is 3.80. The monoisotopic (exact) mass is 530 g/mol. The third kappa shape index (κ3) is 14.4. The largest absolute Gasteiger partial charge is 2.00 e. The quantitative estimate of drug-likeness (QED) is 0.0469. The summed E-state index contributed by atoms with van der Waals surface area (Å²) < 4.78 is 0. The SMILES string of the molecule is CCCCCC(=C=[N+]=[N-])C=C(c1ccc(CCCC)cc1)c1cccc(CCCC)c1.[CH2-]C.[CH2-]C.[Ni+2]. The Morgan fingerprint density at radius 1 is 0.778 bits per heavy atom. The number of allylic oxidation sites excluding steroid dienone is 2. The summed E-state index contributed by atoms with van der Waals surface area (Å²) in [5.41, 5.74) is 16.4. The van der Waals surface area contributed by atoms with Crippen LogP contribution in [0.2, 0.25) is 0 Å². The molecule has 0 saturated carbocycles. The number of nitrogens with zero attached hydrogens (tertiary/aromatic N) is 2. The first-order chi connectivity index (χ1) is 17.2. The Kier molecular flexibility index (Phi) is 24.5. The summed E-state index contributed by atoms with van der Waals surface area (Å²) in [6, 6.07) is 17.8. The van der Waals surface area contributed by atoms with Crippen molar-refractivity contribution in [1.29, 1.82) is 0 Å². The minimum absolute atomic E-state index is 0. The molecule has 2 rings (SSSR count). The molecule has 0 aliphatic rings. The van der Waals surface area contributed by atoms with E-state index >= 15 is 0 Å². The molecule has 0 amide bonds. The van der Waals surface area contributed by atoms with Crippen LogP contribution in [0.4, 0.5) is 0 Å². The predicted molar refractivity (Wildman–Crippen MR) is 156 cm³/mol. The van der Waals surface area contributed by atoms with Crippen molar-refractivity contribution in [3.8, 4) is 0 Å². The van der Waals surface area contributed by atoms with Gasteiger partial charge in [0, 0.05) is 0 Å². The first kappa shape index (κ1) is 36.0. The first-order valence-electron chi connectivity index (χ1n) is 13.5. The van der Waals surface area contributed by atoms with Gasteiger partial charge in [0.15, 0.2) is 0 Å². The maximum absolute atomic E-state index is 9.17. The fourth-order valence-electron chi connectivity index (χ4n) is 3.80. The minimum atomic E-state index is 0. The van der Waals surface area contributed by atoms with Crippen molar-refractivity contribution >= 4 is 11.4 Å². The molecule has 2 aromatic rings. The molecule has 36 heavy (non-hydrogen) atoms. The molecule has 0 bridgehead atoms. The molecule has 2 aromatic carbocycles. The summed E-state index contributed by atoms with van der Waals surface area (Å²) >= 11 is 0. The van der Waals surface area contributed by atoms with E-state index in [-0.39, 0.29) is 16.5 Å². The van der Waals surface area contributed by atoms with E-state index in [0.29, 0.717) is 0 Å². The number of unbranched alkanes of at least 4 members (excludes halogenated alkanes) is 4. The summed E-state index contributed by atoms with van der Waals surface area (Å²) in [6.45, 7) is 16.7. The van der Waals surface area contributed by atoms with Crippen LogP contribution in [0.1, 0.15) is 108 Å². The Morgan fingerprint density at radius 3 is 1.92 bits per heavy atom. The molecular formula is C33H48N2Ni. The second kappa shape index (κ2) is 24.5. The van der Waals surface area contributed by atoms with Crippen molar-refractivity contribution in [2.45, 2.75) is 98.8 Å². The van der Waals surface area contributed by atoms with Crippen molar-refractivity contribution in [2.24, 2.45) is 0 Å². The van der Waals surface area contributed by atoms with Gasteiger partial charge < -0.3 is 19.4 Å². The molecule has 0 heterocycles. The molecule has 3 heteroatoms. The maximum Gasteiger partial charge on any atom is 2.00 e. The Morgan fingerprint density at radius 2 is 1.36 bits per heavy atom. The normalized spacial score (nSPS) is 9.92. The Hall–Kier alpha value is -2.17. The van der Waals surface area contributed by atoms with E-state index in [1.807, 2.05) is 0 Å². The van der Waals surface area contributed by atoms with E-state index in [9.17, 15) is 5.53 Å². The van der Waals surface area contributed by atoms with E-state index in [4.69, 9.17) is 0 Å². The Bertz CT molecular complexity index is 915. The van der Waals surface area contributed by atoms with Gasteiger partial charge in [-0.05, 0) is 72.4 Å². The van der Waals surface area contributed by atoms with E-state index in [1.165, 1.54) is 66.4 Å². The fraction of sp³-hybridized carbons (Fsp3) is 0.455. The van der Waals surface area contributed by atoms with Crippen molar-refractivity contribution in [2.75, 3.05) is 0 Å². The second-order valence-electron chi connectivity index (χ2n) is 8.36. The molecule has 0 aliphatic carbocycles. The predicted octanol–water partition coefficient (Wildman–Crippen LogP) is 9.89. The van der Waals surface area contributed by atoms with Crippen molar-refractivity contribution in [1.82, 2.24) is 0 Å². The number of hydrogen-bond donors (Lipinski definition) is 0. The van der Waals surface area contributed by atoms with Crippen LogP contribution in [0, 0.1) is 13.8 Å². The molecule has 0 atom stereocenters. The average Bonchev–Trinajstić information content (AvgIpc) is 2.92. The summed E-state index contributed by atoms with van der Waals surface area (Å²) in [5.74, 6) is 2.82. The topological polar surface area (TPSA) is 36.4 Å². The number of rotatable bonds is 13. The van der Waals surface area contributed by atoms with Crippen LogP contribution in [-0.2, 0) is 29.3 Å². The molecular weight excluding hydrogens is 483 g/mol. The van der Waals surface area contributed by atoms with E-state index < -0.39 is 0 Å². The van der Waals surface area contributed by atoms with Crippen LogP contribution in [-0.4, -0.2) is 10.7 Å². The van der Waals surface area contributed by atoms with Gasteiger partial charge >= 0.3 is 22.4 Å². The van der Waals surface area contributed by atoms with Crippen molar-refractivity contribution in [3.05, 3.63) is 102 Å². The zero-order chi connectivity index (χ0) is 26.3. The van der Waals surface area contributed by atoms with Crippen molar-refractivity contribution in [3.63, 3.8) is 0 Å². The van der Waals surface area contributed by atoms with E-state index in [2.05, 4.69) is 99.9 Å². The van der Waals surface area contributed by atoms with Crippen LogP contribution in [0.3, 0.4) is 0 Å². The average molecular weight is 531 g/mol. The number of hydrogen-bond acceptors (Lipinski definition) is 0. The zero-order valence-electron chi connectivity index (χ0n) is 23.4. The number of benzene rings is 2. The zero-order valence-corrected chi connectivity index (χ0v) is 24.4. The van der Waals surface area contributed by atoms with Gasteiger partial charge in [-0.15, -0.1) is 4.79 Å². The molecule has 0 spiro atoms. The first-order valence-corrected chi connectivity index (χ1v) is 13.5. The molecule has 0 radical (unpaired) electrons. The van der Waals surface area contributed by atoms with Gasteiger partial charge in [-0.2, -0.15) is 13.8 Å². The summed E-state index contributed by atoms with van der Waals surface area (Å²) in [5, 5.41) is 0. The molecule has 0 saturated heterocycles. The van der Waals surface area contributed by atoms with Gasteiger partial charge in [0.05, 0.1) is 5.57 Å². The smallest absolute Gasteiger partial charge is 0.348 e. The van der Waals surface area contributed by atoms with Crippen LogP contribution in [0.25, 0.3) is 11.1 Å². The molecule has 0 N–H and O–H groups in total. The van der Waals surface area contributed by atoms with Crippen molar-refractivity contribution < 1.29 is 21.3 Å². The summed E-state index contributed by atoms with van der Waals surface area (Å²) in [4.78, 5) is 3.23. The molecule has 0 aromatic heterocycles. The summed E-state index contributed by atoms with van der Waals surface area (Å²) in [6.07, 6.45) is 13.5.